The Morgan fingerprint density at radius 2 is 2.06 bits per heavy atom. The van der Waals surface area contributed by atoms with Gasteiger partial charge in [-0.05, 0) is 12.8 Å². The van der Waals surface area contributed by atoms with Crippen LogP contribution in [0.2, 0.25) is 0 Å². The van der Waals surface area contributed by atoms with Crippen LogP contribution in [-0.4, -0.2) is 36.2 Å². The van der Waals surface area contributed by atoms with E-state index in [0.29, 0.717) is 32.4 Å². The van der Waals surface area contributed by atoms with E-state index in [4.69, 9.17) is 5.26 Å². The molecule has 0 saturated carbocycles. The number of carbonyl (C=O) groups excluding carboxylic acids is 1. The predicted molar refractivity (Wildman–Crippen MR) is 61.6 cm³/mol. The zero-order valence-electron chi connectivity index (χ0n) is 10.0. The number of amides is 1. The maximum Gasteiger partial charge on any atom is 0.233 e. The van der Waals surface area contributed by atoms with Crippen molar-refractivity contribution in [3.63, 3.8) is 0 Å². The van der Waals surface area contributed by atoms with Crippen LogP contribution in [-0.2, 0) is 4.79 Å². The highest BCUT2D eigenvalue weighted by Crippen LogP contribution is 2.12. The van der Waals surface area contributed by atoms with E-state index in [0.717, 1.165) is 0 Å². The molecule has 5 nitrogen and oxygen atoms in total. The third-order valence-corrected chi connectivity index (χ3v) is 2.61. The first-order valence-electron chi connectivity index (χ1n) is 5.64. The van der Waals surface area contributed by atoms with Crippen LogP contribution in [0.4, 0.5) is 0 Å². The van der Waals surface area contributed by atoms with Crippen LogP contribution in [0.3, 0.4) is 0 Å². The van der Waals surface area contributed by atoms with E-state index >= 15 is 0 Å². The number of aliphatic hydroxyl groups is 1. The minimum Gasteiger partial charge on any atom is -0.389 e. The normalized spacial score (nSPS) is 10.9. The van der Waals surface area contributed by atoms with Crippen molar-refractivity contribution in [2.45, 2.75) is 38.7 Å². The summed E-state index contributed by atoms with van der Waals surface area (Å²) in [5.74, 6) is -0.148. The molecule has 0 heterocycles. The summed E-state index contributed by atoms with van der Waals surface area (Å²) in [6.07, 6.45) is 1.64. The molecule has 0 aliphatic heterocycles. The molecule has 0 atom stereocenters. The topological polar surface area (TPSA) is 85.2 Å². The molecule has 5 heteroatoms. The molecule has 0 fully saturated rings. The summed E-state index contributed by atoms with van der Waals surface area (Å²) >= 11 is 0. The SMILES string of the molecule is CCC(O)(CC)CNCC(=O)NCCC#N. The number of hydrogen-bond acceptors (Lipinski definition) is 4. The molecule has 0 spiro atoms. The number of nitrogens with one attached hydrogen (secondary N) is 2. The van der Waals surface area contributed by atoms with E-state index in [1.165, 1.54) is 0 Å². The van der Waals surface area contributed by atoms with E-state index < -0.39 is 5.60 Å². The molecule has 0 bridgehead atoms. The second-order valence-corrected chi connectivity index (χ2v) is 3.79. The van der Waals surface area contributed by atoms with Crippen molar-refractivity contribution in [2.24, 2.45) is 0 Å². The van der Waals surface area contributed by atoms with E-state index in [2.05, 4.69) is 10.6 Å². The summed E-state index contributed by atoms with van der Waals surface area (Å²) in [5, 5.41) is 23.7. The lowest BCUT2D eigenvalue weighted by atomic mass is 9.98. The van der Waals surface area contributed by atoms with E-state index in [1.807, 2.05) is 19.9 Å². The third kappa shape index (κ3) is 6.38. The Balaban J connectivity index is 3.65. The molecule has 0 aliphatic rings. The Morgan fingerprint density at radius 3 is 2.56 bits per heavy atom. The Labute approximate surface area is 96.8 Å². The van der Waals surface area contributed by atoms with Crippen LogP contribution in [0.5, 0.6) is 0 Å². The molecule has 0 aromatic carbocycles. The van der Waals surface area contributed by atoms with Crippen LogP contribution < -0.4 is 10.6 Å². The Bertz CT molecular complexity index is 244. The minimum absolute atomic E-state index is 0.148. The zero-order chi connectivity index (χ0) is 12.4. The fourth-order valence-corrected chi connectivity index (χ4v) is 1.23. The molecule has 0 unspecified atom stereocenters. The van der Waals surface area contributed by atoms with Crippen molar-refractivity contribution in [3.05, 3.63) is 0 Å². The van der Waals surface area contributed by atoms with Gasteiger partial charge in [0.1, 0.15) is 0 Å². The summed E-state index contributed by atoms with van der Waals surface area (Å²) in [4.78, 5) is 11.2. The molecule has 92 valence electrons. The van der Waals surface area contributed by atoms with Crippen molar-refractivity contribution in [3.8, 4) is 6.07 Å². The Kier molecular flexibility index (Phi) is 7.52. The molecule has 0 aromatic rings. The molecule has 0 radical (unpaired) electrons. The first-order chi connectivity index (χ1) is 7.58. The molecule has 0 aliphatic carbocycles. The van der Waals surface area contributed by atoms with E-state index in [1.54, 1.807) is 0 Å². The highest BCUT2D eigenvalue weighted by Gasteiger charge is 2.21. The monoisotopic (exact) mass is 227 g/mol. The number of nitriles is 1. The first kappa shape index (κ1) is 14.9. The van der Waals surface area contributed by atoms with E-state index in [-0.39, 0.29) is 12.5 Å². The van der Waals surface area contributed by atoms with Gasteiger partial charge in [0, 0.05) is 13.1 Å². The second-order valence-electron chi connectivity index (χ2n) is 3.79. The van der Waals surface area contributed by atoms with Gasteiger partial charge >= 0.3 is 0 Å². The van der Waals surface area contributed by atoms with Gasteiger partial charge in [-0.25, -0.2) is 0 Å². The van der Waals surface area contributed by atoms with Gasteiger partial charge in [-0.2, -0.15) is 5.26 Å². The largest absolute Gasteiger partial charge is 0.389 e. The summed E-state index contributed by atoms with van der Waals surface area (Å²) in [5.41, 5.74) is -0.729. The Hall–Kier alpha value is -1.12. The highest BCUT2D eigenvalue weighted by atomic mass is 16.3. The molecular weight excluding hydrogens is 206 g/mol. The molecular formula is C11H21N3O2. The molecule has 3 N–H and O–H groups in total. The predicted octanol–water partition coefficient (Wildman–Crippen LogP) is 0.157. The number of rotatable bonds is 8. The Morgan fingerprint density at radius 1 is 1.44 bits per heavy atom. The summed E-state index contributed by atoms with van der Waals surface area (Å²) in [7, 11) is 0. The lowest BCUT2D eigenvalue weighted by Crippen LogP contribution is -2.43. The second kappa shape index (κ2) is 8.08. The molecule has 0 aromatic heterocycles. The maximum atomic E-state index is 11.2. The van der Waals surface area contributed by atoms with Gasteiger partial charge in [0.2, 0.25) is 5.91 Å². The summed E-state index contributed by atoms with van der Waals surface area (Å²) in [6.45, 7) is 4.79. The van der Waals surface area contributed by atoms with Crippen LogP contribution in [0.1, 0.15) is 33.1 Å². The van der Waals surface area contributed by atoms with Crippen molar-refractivity contribution < 1.29 is 9.90 Å². The van der Waals surface area contributed by atoms with Crippen LogP contribution >= 0.6 is 0 Å². The smallest absolute Gasteiger partial charge is 0.233 e. The molecule has 0 saturated heterocycles. The van der Waals surface area contributed by atoms with Gasteiger partial charge in [-0.15, -0.1) is 0 Å². The summed E-state index contributed by atoms with van der Waals surface area (Å²) < 4.78 is 0. The average molecular weight is 227 g/mol. The number of carbonyl (C=O) groups is 1. The standard InChI is InChI=1S/C11H21N3O2/c1-3-11(16,4-2)9-13-8-10(15)14-7-5-6-12/h13,16H,3-5,7-9H2,1-2H3,(H,14,15). The number of hydrogen-bond donors (Lipinski definition) is 3. The first-order valence-corrected chi connectivity index (χ1v) is 5.64. The quantitative estimate of drug-likeness (QED) is 0.516. The van der Waals surface area contributed by atoms with Crippen molar-refractivity contribution in [1.82, 2.24) is 10.6 Å². The van der Waals surface area contributed by atoms with Gasteiger partial charge < -0.3 is 15.7 Å². The van der Waals surface area contributed by atoms with Gasteiger partial charge in [0.05, 0.1) is 24.6 Å². The lowest BCUT2D eigenvalue weighted by Gasteiger charge is -2.25. The van der Waals surface area contributed by atoms with Crippen molar-refractivity contribution in [2.75, 3.05) is 19.6 Å². The average Bonchev–Trinajstić information content (AvgIpc) is 2.29. The zero-order valence-corrected chi connectivity index (χ0v) is 10.0. The van der Waals surface area contributed by atoms with Gasteiger partial charge in [-0.3, -0.25) is 4.79 Å². The maximum absolute atomic E-state index is 11.2. The minimum atomic E-state index is -0.729. The molecule has 1 amide bonds. The van der Waals surface area contributed by atoms with Gasteiger partial charge in [0.15, 0.2) is 0 Å². The fourth-order valence-electron chi connectivity index (χ4n) is 1.23. The highest BCUT2D eigenvalue weighted by molar-refractivity contribution is 5.77. The third-order valence-electron chi connectivity index (χ3n) is 2.61. The van der Waals surface area contributed by atoms with Crippen LogP contribution in [0.15, 0.2) is 0 Å². The molecule has 16 heavy (non-hydrogen) atoms. The van der Waals surface area contributed by atoms with E-state index in [9.17, 15) is 9.90 Å². The van der Waals surface area contributed by atoms with Gasteiger partial charge in [-0.1, -0.05) is 13.8 Å². The lowest BCUT2D eigenvalue weighted by molar-refractivity contribution is -0.120. The summed E-state index contributed by atoms with van der Waals surface area (Å²) in [6, 6.07) is 1.95. The van der Waals surface area contributed by atoms with Crippen molar-refractivity contribution in [1.29, 1.82) is 5.26 Å². The fraction of sp³-hybridized carbons (Fsp3) is 0.818. The number of nitrogens with zero attached hydrogens (tertiary/aromatic N) is 1. The molecule has 0 rings (SSSR count). The van der Waals surface area contributed by atoms with Gasteiger partial charge in [0.25, 0.3) is 0 Å². The van der Waals surface area contributed by atoms with Crippen LogP contribution in [0.25, 0.3) is 0 Å². The van der Waals surface area contributed by atoms with Crippen LogP contribution in [0, 0.1) is 11.3 Å². The van der Waals surface area contributed by atoms with Crippen molar-refractivity contribution >= 4 is 5.91 Å².